The number of piperidine rings is 1. The third-order valence-corrected chi connectivity index (χ3v) is 5.18. The molecule has 0 aliphatic carbocycles. The highest BCUT2D eigenvalue weighted by Crippen LogP contribution is 2.25. The number of hydrogen-bond donors (Lipinski definition) is 2. The number of nitrogens with zero attached hydrogens (tertiary/aromatic N) is 1. The first-order valence-corrected chi connectivity index (χ1v) is 9.31. The van der Waals surface area contributed by atoms with E-state index in [4.69, 9.17) is 0 Å². The molecule has 1 aromatic heterocycles. The molecule has 1 saturated heterocycles. The molecule has 2 heterocycles. The standard InChI is InChI=1S/C20H26FN3O2/c1-3-8-22-20(26)14-6-9-24(10-7-14)19(25)12-16-13(2)23-18-5-4-15(21)11-17(16)18/h4-5,11,14,23H,3,6-10,12H2,1-2H3,(H,22,26). The number of aryl methyl sites for hydroxylation is 1. The zero-order valence-corrected chi connectivity index (χ0v) is 15.4. The molecular formula is C20H26FN3O2. The van der Waals surface area contributed by atoms with E-state index in [2.05, 4.69) is 10.3 Å². The van der Waals surface area contributed by atoms with Crippen molar-refractivity contribution in [2.24, 2.45) is 5.92 Å². The molecule has 0 radical (unpaired) electrons. The van der Waals surface area contributed by atoms with Crippen molar-refractivity contribution in [2.75, 3.05) is 19.6 Å². The van der Waals surface area contributed by atoms with E-state index in [1.165, 1.54) is 12.1 Å². The fraction of sp³-hybridized carbons (Fsp3) is 0.500. The lowest BCUT2D eigenvalue weighted by Crippen LogP contribution is -2.43. The van der Waals surface area contributed by atoms with Crippen LogP contribution in [0.4, 0.5) is 4.39 Å². The molecule has 0 atom stereocenters. The molecule has 2 amide bonds. The lowest BCUT2D eigenvalue weighted by Gasteiger charge is -2.31. The summed E-state index contributed by atoms with van der Waals surface area (Å²) in [6.07, 6.45) is 2.57. The Morgan fingerprint density at radius 3 is 2.73 bits per heavy atom. The van der Waals surface area contributed by atoms with Gasteiger partial charge in [-0.2, -0.15) is 0 Å². The summed E-state index contributed by atoms with van der Waals surface area (Å²) in [4.78, 5) is 29.8. The molecule has 1 aromatic carbocycles. The average molecular weight is 359 g/mol. The maximum atomic E-state index is 13.6. The molecule has 1 aliphatic heterocycles. The third-order valence-electron chi connectivity index (χ3n) is 5.18. The van der Waals surface area contributed by atoms with Crippen LogP contribution in [0.3, 0.4) is 0 Å². The van der Waals surface area contributed by atoms with Crippen LogP contribution >= 0.6 is 0 Å². The molecule has 1 fully saturated rings. The second-order valence-corrected chi connectivity index (χ2v) is 7.04. The number of amides is 2. The summed E-state index contributed by atoms with van der Waals surface area (Å²) in [6.45, 7) is 5.83. The van der Waals surface area contributed by atoms with Crippen LogP contribution in [0, 0.1) is 18.7 Å². The van der Waals surface area contributed by atoms with Crippen molar-refractivity contribution in [3.63, 3.8) is 0 Å². The SMILES string of the molecule is CCCNC(=O)C1CCN(C(=O)Cc2c(C)[nH]c3ccc(F)cc23)CC1. The average Bonchev–Trinajstić information content (AvgIpc) is 2.94. The topological polar surface area (TPSA) is 65.2 Å². The van der Waals surface area contributed by atoms with Gasteiger partial charge >= 0.3 is 0 Å². The number of aromatic amines is 1. The van der Waals surface area contributed by atoms with Crippen molar-refractivity contribution in [1.82, 2.24) is 15.2 Å². The molecule has 0 spiro atoms. The van der Waals surface area contributed by atoms with E-state index in [0.29, 0.717) is 32.5 Å². The Morgan fingerprint density at radius 2 is 2.04 bits per heavy atom. The van der Waals surface area contributed by atoms with Crippen LogP contribution in [0.15, 0.2) is 18.2 Å². The number of fused-ring (bicyclic) bond motifs is 1. The second kappa shape index (κ2) is 7.89. The molecule has 2 N–H and O–H groups in total. The van der Waals surface area contributed by atoms with E-state index in [1.807, 2.05) is 18.7 Å². The highest BCUT2D eigenvalue weighted by atomic mass is 19.1. The van der Waals surface area contributed by atoms with Gasteiger partial charge in [0.15, 0.2) is 0 Å². The van der Waals surface area contributed by atoms with Gasteiger partial charge < -0.3 is 15.2 Å². The largest absolute Gasteiger partial charge is 0.358 e. The molecule has 1 aliphatic rings. The quantitative estimate of drug-likeness (QED) is 0.862. The minimum Gasteiger partial charge on any atom is -0.358 e. The van der Waals surface area contributed by atoms with Crippen LogP contribution in [0.5, 0.6) is 0 Å². The first-order valence-electron chi connectivity index (χ1n) is 9.31. The van der Waals surface area contributed by atoms with Crippen molar-refractivity contribution in [3.05, 3.63) is 35.3 Å². The number of carbonyl (C=O) groups excluding carboxylic acids is 2. The number of nitrogens with one attached hydrogen (secondary N) is 2. The number of likely N-dealkylation sites (tertiary alicyclic amines) is 1. The van der Waals surface area contributed by atoms with Gasteiger partial charge in [-0.05, 0) is 49.9 Å². The molecule has 3 rings (SSSR count). The smallest absolute Gasteiger partial charge is 0.227 e. The normalized spacial score (nSPS) is 15.4. The summed E-state index contributed by atoms with van der Waals surface area (Å²) in [5.74, 6) is -0.175. The van der Waals surface area contributed by atoms with Crippen LogP contribution < -0.4 is 5.32 Å². The van der Waals surface area contributed by atoms with E-state index < -0.39 is 0 Å². The lowest BCUT2D eigenvalue weighted by atomic mass is 9.95. The maximum absolute atomic E-state index is 13.6. The van der Waals surface area contributed by atoms with Gasteiger partial charge in [-0.1, -0.05) is 6.92 Å². The third kappa shape index (κ3) is 3.89. The van der Waals surface area contributed by atoms with Crippen molar-refractivity contribution in [1.29, 1.82) is 0 Å². The minimum absolute atomic E-state index is 0.00507. The summed E-state index contributed by atoms with van der Waals surface area (Å²) in [5, 5.41) is 3.70. The van der Waals surface area contributed by atoms with Gasteiger partial charge in [0.25, 0.3) is 0 Å². The fourth-order valence-electron chi connectivity index (χ4n) is 3.63. The molecule has 0 unspecified atom stereocenters. The number of H-pyrrole nitrogens is 1. The first kappa shape index (κ1) is 18.4. The van der Waals surface area contributed by atoms with Crippen molar-refractivity contribution in [3.8, 4) is 0 Å². The highest BCUT2D eigenvalue weighted by molar-refractivity contribution is 5.90. The van der Waals surface area contributed by atoms with E-state index >= 15 is 0 Å². The van der Waals surface area contributed by atoms with Crippen molar-refractivity contribution < 1.29 is 14.0 Å². The van der Waals surface area contributed by atoms with Crippen molar-refractivity contribution >= 4 is 22.7 Å². The summed E-state index contributed by atoms with van der Waals surface area (Å²) in [6, 6.07) is 4.59. The first-order chi connectivity index (χ1) is 12.5. The van der Waals surface area contributed by atoms with Crippen LogP contribution in [0.1, 0.15) is 37.4 Å². The zero-order chi connectivity index (χ0) is 18.7. The molecule has 0 bridgehead atoms. The predicted octanol–water partition coefficient (Wildman–Crippen LogP) is 2.92. The molecule has 2 aromatic rings. The number of benzene rings is 1. The Bertz CT molecular complexity index is 807. The van der Waals surface area contributed by atoms with E-state index in [-0.39, 0.29) is 30.0 Å². The van der Waals surface area contributed by atoms with E-state index in [1.54, 1.807) is 6.07 Å². The van der Waals surface area contributed by atoms with Gasteiger partial charge in [-0.3, -0.25) is 9.59 Å². The number of halogens is 1. The van der Waals surface area contributed by atoms with Crippen LogP contribution in [-0.4, -0.2) is 41.3 Å². The van der Waals surface area contributed by atoms with Gasteiger partial charge in [0.2, 0.25) is 11.8 Å². The van der Waals surface area contributed by atoms with E-state index in [0.717, 1.165) is 28.6 Å². The number of hydrogen-bond acceptors (Lipinski definition) is 2. The molecule has 0 saturated carbocycles. The van der Waals surface area contributed by atoms with Gasteiger partial charge in [-0.25, -0.2) is 4.39 Å². The van der Waals surface area contributed by atoms with Crippen molar-refractivity contribution in [2.45, 2.75) is 39.5 Å². The number of aromatic nitrogens is 1. The predicted molar refractivity (Wildman–Crippen MR) is 99.3 cm³/mol. The Labute approximate surface area is 152 Å². The van der Waals surface area contributed by atoms with Gasteiger partial charge in [0, 0.05) is 42.1 Å². The number of carbonyl (C=O) groups is 2. The van der Waals surface area contributed by atoms with Crippen LogP contribution in [-0.2, 0) is 16.0 Å². The van der Waals surface area contributed by atoms with Gasteiger partial charge in [0.1, 0.15) is 5.82 Å². The lowest BCUT2D eigenvalue weighted by molar-refractivity contribution is -0.135. The molecule has 26 heavy (non-hydrogen) atoms. The highest BCUT2D eigenvalue weighted by Gasteiger charge is 2.27. The summed E-state index contributed by atoms with van der Waals surface area (Å²) >= 11 is 0. The van der Waals surface area contributed by atoms with Crippen LogP contribution in [0.2, 0.25) is 0 Å². The Morgan fingerprint density at radius 1 is 1.31 bits per heavy atom. The number of rotatable bonds is 5. The fourth-order valence-corrected chi connectivity index (χ4v) is 3.63. The Hall–Kier alpha value is -2.37. The van der Waals surface area contributed by atoms with Gasteiger partial charge in [-0.15, -0.1) is 0 Å². The molecule has 5 nitrogen and oxygen atoms in total. The summed E-state index contributed by atoms with van der Waals surface area (Å²) in [5.41, 5.74) is 2.60. The van der Waals surface area contributed by atoms with Gasteiger partial charge in [0.05, 0.1) is 6.42 Å². The summed E-state index contributed by atoms with van der Waals surface area (Å²) < 4.78 is 13.6. The molecule has 6 heteroatoms. The Kier molecular flexibility index (Phi) is 5.59. The zero-order valence-electron chi connectivity index (χ0n) is 15.4. The summed E-state index contributed by atoms with van der Waals surface area (Å²) in [7, 11) is 0. The minimum atomic E-state index is -0.302. The molecule has 140 valence electrons. The monoisotopic (exact) mass is 359 g/mol. The molecular weight excluding hydrogens is 333 g/mol. The Balaban J connectivity index is 1.62. The maximum Gasteiger partial charge on any atom is 0.227 e. The van der Waals surface area contributed by atoms with E-state index in [9.17, 15) is 14.0 Å². The van der Waals surface area contributed by atoms with Crippen LogP contribution in [0.25, 0.3) is 10.9 Å². The second-order valence-electron chi connectivity index (χ2n) is 7.04.